The highest BCUT2D eigenvalue weighted by molar-refractivity contribution is 7.20. The second kappa shape index (κ2) is 5.31. The van der Waals surface area contributed by atoms with Gasteiger partial charge in [-0.1, -0.05) is 41.1 Å². The van der Waals surface area contributed by atoms with Crippen molar-refractivity contribution in [2.45, 2.75) is 0 Å². The predicted octanol–water partition coefficient (Wildman–Crippen LogP) is 4.20. The van der Waals surface area contributed by atoms with Crippen LogP contribution in [0.2, 0.25) is 5.02 Å². The van der Waals surface area contributed by atoms with Gasteiger partial charge in [0.1, 0.15) is 0 Å². The Hall–Kier alpha value is -2.02. The van der Waals surface area contributed by atoms with Crippen molar-refractivity contribution in [3.63, 3.8) is 0 Å². The van der Waals surface area contributed by atoms with E-state index in [0.717, 1.165) is 15.3 Å². The number of hydrogen-bond acceptors (Lipinski definition) is 5. The van der Waals surface area contributed by atoms with Crippen molar-refractivity contribution < 1.29 is 0 Å². The number of aromatic nitrogens is 3. The normalized spacial score (nSPS) is 11.1. The van der Waals surface area contributed by atoms with E-state index in [9.17, 15) is 4.79 Å². The molecule has 0 unspecified atom stereocenters. The molecule has 0 spiro atoms. The van der Waals surface area contributed by atoms with Gasteiger partial charge in [0.05, 0.1) is 4.88 Å². The summed E-state index contributed by atoms with van der Waals surface area (Å²) in [5.41, 5.74) is 0.753. The number of fused-ring (bicyclic) bond motifs is 1. The molecule has 22 heavy (non-hydrogen) atoms. The third kappa shape index (κ3) is 2.35. The molecule has 0 bridgehead atoms. The van der Waals surface area contributed by atoms with Gasteiger partial charge in [0, 0.05) is 16.0 Å². The predicted molar refractivity (Wildman–Crippen MR) is 90.9 cm³/mol. The highest BCUT2D eigenvalue weighted by atomic mass is 35.5. The van der Waals surface area contributed by atoms with Crippen molar-refractivity contribution in [3.8, 4) is 21.1 Å². The number of halogens is 1. The SMILES string of the molecule is O=c1cc(-c2ccc(Cl)cc2)sc2nc(-c3cccs3)nn12. The molecule has 0 amide bonds. The van der Waals surface area contributed by atoms with Gasteiger partial charge in [-0.25, -0.2) is 0 Å². The molecule has 0 radical (unpaired) electrons. The molecule has 3 aromatic heterocycles. The van der Waals surface area contributed by atoms with Crippen LogP contribution in [0.4, 0.5) is 0 Å². The zero-order chi connectivity index (χ0) is 15.1. The Morgan fingerprint density at radius 3 is 2.64 bits per heavy atom. The molecule has 0 saturated carbocycles. The molecule has 3 heterocycles. The van der Waals surface area contributed by atoms with E-state index in [1.807, 2.05) is 29.6 Å². The average molecular weight is 346 g/mol. The van der Waals surface area contributed by atoms with Crippen LogP contribution in [0.15, 0.2) is 52.6 Å². The molecule has 0 saturated heterocycles. The van der Waals surface area contributed by atoms with Gasteiger partial charge >= 0.3 is 0 Å². The zero-order valence-corrected chi connectivity index (χ0v) is 13.5. The molecule has 4 nitrogen and oxygen atoms in total. The molecule has 0 atom stereocenters. The van der Waals surface area contributed by atoms with Crippen LogP contribution in [0, 0.1) is 0 Å². The maximum atomic E-state index is 12.3. The summed E-state index contributed by atoms with van der Waals surface area (Å²) in [7, 11) is 0. The van der Waals surface area contributed by atoms with Gasteiger partial charge in [-0.2, -0.15) is 9.50 Å². The van der Waals surface area contributed by atoms with Crippen LogP contribution in [0.5, 0.6) is 0 Å². The van der Waals surface area contributed by atoms with E-state index in [1.54, 1.807) is 29.5 Å². The van der Waals surface area contributed by atoms with Crippen molar-refractivity contribution in [1.82, 2.24) is 14.6 Å². The van der Waals surface area contributed by atoms with Gasteiger partial charge in [-0.05, 0) is 29.1 Å². The number of benzene rings is 1. The third-order valence-corrected chi connectivity index (χ3v) is 5.25. The Kier molecular flexibility index (Phi) is 3.29. The Labute approximate surface area is 138 Å². The molecular weight excluding hydrogens is 338 g/mol. The summed E-state index contributed by atoms with van der Waals surface area (Å²) >= 11 is 8.88. The number of rotatable bonds is 2. The lowest BCUT2D eigenvalue weighted by Gasteiger charge is -2.00. The Balaban J connectivity index is 1.89. The minimum atomic E-state index is -0.186. The van der Waals surface area contributed by atoms with Gasteiger partial charge in [0.2, 0.25) is 4.96 Å². The summed E-state index contributed by atoms with van der Waals surface area (Å²) in [4.78, 5) is 19.1. The molecule has 0 aliphatic rings. The van der Waals surface area contributed by atoms with Crippen molar-refractivity contribution in [3.05, 3.63) is 63.2 Å². The monoisotopic (exact) mass is 345 g/mol. The van der Waals surface area contributed by atoms with Crippen molar-refractivity contribution in [2.24, 2.45) is 0 Å². The molecule has 0 N–H and O–H groups in total. The highest BCUT2D eigenvalue weighted by Gasteiger charge is 2.12. The lowest BCUT2D eigenvalue weighted by molar-refractivity contribution is 0.935. The quantitative estimate of drug-likeness (QED) is 0.547. The summed E-state index contributed by atoms with van der Waals surface area (Å²) in [6.45, 7) is 0. The zero-order valence-electron chi connectivity index (χ0n) is 11.1. The van der Waals surface area contributed by atoms with Crippen molar-refractivity contribution in [1.29, 1.82) is 0 Å². The average Bonchev–Trinajstić information content (AvgIpc) is 3.17. The summed E-state index contributed by atoms with van der Waals surface area (Å²) in [5, 5.41) is 6.92. The van der Waals surface area contributed by atoms with E-state index in [1.165, 1.54) is 15.9 Å². The second-order valence-corrected chi connectivity index (χ2v) is 6.96. The largest absolute Gasteiger partial charge is 0.275 e. The summed E-state index contributed by atoms with van der Waals surface area (Å²) in [5.74, 6) is 0.580. The van der Waals surface area contributed by atoms with Gasteiger partial charge in [-0.3, -0.25) is 4.79 Å². The van der Waals surface area contributed by atoms with Crippen LogP contribution >= 0.6 is 34.3 Å². The van der Waals surface area contributed by atoms with Gasteiger partial charge < -0.3 is 0 Å². The fraction of sp³-hybridized carbons (Fsp3) is 0. The molecule has 0 aliphatic carbocycles. The molecule has 1 aromatic carbocycles. The number of hydrogen-bond donors (Lipinski definition) is 0. The van der Waals surface area contributed by atoms with E-state index in [4.69, 9.17) is 11.6 Å². The summed E-state index contributed by atoms with van der Waals surface area (Å²) in [6, 6.07) is 12.8. The Morgan fingerprint density at radius 1 is 1.09 bits per heavy atom. The van der Waals surface area contributed by atoms with E-state index >= 15 is 0 Å². The Bertz CT molecular complexity index is 1000. The van der Waals surface area contributed by atoms with Crippen molar-refractivity contribution in [2.75, 3.05) is 0 Å². The first-order valence-corrected chi connectivity index (χ1v) is 8.49. The highest BCUT2D eigenvalue weighted by Crippen LogP contribution is 2.27. The number of thiophene rings is 1. The first-order chi connectivity index (χ1) is 10.7. The molecule has 108 valence electrons. The van der Waals surface area contributed by atoms with Crippen LogP contribution < -0.4 is 5.56 Å². The van der Waals surface area contributed by atoms with Gasteiger partial charge in [0.15, 0.2) is 5.82 Å². The first kappa shape index (κ1) is 13.6. The molecule has 4 rings (SSSR count). The maximum Gasteiger partial charge on any atom is 0.275 e. The lowest BCUT2D eigenvalue weighted by Crippen LogP contribution is -2.11. The van der Waals surface area contributed by atoms with E-state index in [-0.39, 0.29) is 5.56 Å². The minimum absolute atomic E-state index is 0.186. The van der Waals surface area contributed by atoms with Gasteiger partial charge in [0.25, 0.3) is 5.56 Å². The van der Waals surface area contributed by atoms with Crippen LogP contribution in [-0.4, -0.2) is 14.6 Å². The molecule has 4 aromatic rings. The molecule has 0 fully saturated rings. The first-order valence-electron chi connectivity index (χ1n) is 6.41. The lowest BCUT2D eigenvalue weighted by atomic mass is 10.2. The van der Waals surface area contributed by atoms with Crippen LogP contribution in [-0.2, 0) is 0 Å². The smallest absolute Gasteiger partial charge is 0.267 e. The molecule has 0 aliphatic heterocycles. The fourth-order valence-electron chi connectivity index (χ4n) is 2.08. The molecule has 7 heteroatoms. The van der Waals surface area contributed by atoms with E-state index < -0.39 is 0 Å². The van der Waals surface area contributed by atoms with E-state index in [0.29, 0.717) is 15.8 Å². The fourth-order valence-corrected chi connectivity index (χ4v) is 3.81. The second-order valence-electron chi connectivity index (χ2n) is 4.56. The van der Waals surface area contributed by atoms with Gasteiger partial charge in [-0.15, -0.1) is 16.4 Å². The summed E-state index contributed by atoms with van der Waals surface area (Å²) in [6.07, 6.45) is 0. The maximum absolute atomic E-state index is 12.3. The van der Waals surface area contributed by atoms with Crippen LogP contribution in [0.3, 0.4) is 0 Å². The topological polar surface area (TPSA) is 47.3 Å². The van der Waals surface area contributed by atoms with Crippen molar-refractivity contribution >= 4 is 39.2 Å². The van der Waals surface area contributed by atoms with Crippen LogP contribution in [0.25, 0.3) is 26.1 Å². The van der Waals surface area contributed by atoms with Crippen LogP contribution in [0.1, 0.15) is 0 Å². The minimum Gasteiger partial charge on any atom is -0.267 e. The standard InChI is InChI=1S/C15H8ClN3OS2/c16-10-5-3-9(4-6-10)12-8-13(20)19-15(22-12)17-14(18-19)11-2-1-7-21-11/h1-8H. The number of nitrogens with zero attached hydrogens (tertiary/aromatic N) is 3. The third-order valence-electron chi connectivity index (χ3n) is 3.11. The summed E-state index contributed by atoms with van der Waals surface area (Å²) < 4.78 is 1.35. The van der Waals surface area contributed by atoms with E-state index in [2.05, 4.69) is 10.1 Å². The molecular formula is C15H8ClN3OS2. The Morgan fingerprint density at radius 2 is 1.91 bits per heavy atom.